The number of carbonyl (C=O) groups excluding carboxylic acids is 1. The molecule has 1 saturated heterocycles. The molecule has 0 unspecified atom stereocenters. The highest BCUT2D eigenvalue weighted by Crippen LogP contribution is 2.30. The zero-order valence-electron chi connectivity index (χ0n) is 13.8. The van der Waals surface area contributed by atoms with Gasteiger partial charge in [0.1, 0.15) is 5.75 Å². The average Bonchev–Trinajstić information content (AvgIpc) is 2.61. The van der Waals surface area contributed by atoms with E-state index in [9.17, 15) is 9.90 Å². The van der Waals surface area contributed by atoms with E-state index in [0.717, 1.165) is 56.8 Å². The molecule has 5 heteroatoms. The summed E-state index contributed by atoms with van der Waals surface area (Å²) in [6.07, 6.45) is 3.96. The minimum atomic E-state index is 0.179. The van der Waals surface area contributed by atoms with E-state index >= 15 is 0 Å². The Balaban J connectivity index is 1.65. The first-order chi connectivity index (χ1) is 11.2. The van der Waals surface area contributed by atoms with Crippen LogP contribution >= 0.6 is 0 Å². The number of likely N-dealkylation sites (tertiary alicyclic amines) is 1. The Labute approximate surface area is 137 Å². The largest absolute Gasteiger partial charge is 0.497 e. The molecule has 0 bridgehead atoms. The van der Waals surface area contributed by atoms with E-state index in [-0.39, 0.29) is 12.5 Å². The van der Waals surface area contributed by atoms with Gasteiger partial charge in [-0.15, -0.1) is 0 Å². The van der Waals surface area contributed by atoms with Crippen LogP contribution in [0.2, 0.25) is 0 Å². The zero-order valence-corrected chi connectivity index (χ0v) is 13.8. The van der Waals surface area contributed by atoms with Crippen LogP contribution in [-0.2, 0) is 11.2 Å². The Hall–Kier alpha value is -1.59. The smallest absolute Gasteiger partial charge is 0.241 e. The van der Waals surface area contributed by atoms with Gasteiger partial charge in [0, 0.05) is 18.8 Å². The average molecular weight is 318 g/mol. The number of aryl methyl sites for hydroxylation is 1. The fourth-order valence-electron chi connectivity index (χ4n) is 3.56. The first-order valence-electron chi connectivity index (χ1n) is 8.51. The van der Waals surface area contributed by atoms with Gasteiger partial charge in [-0.05, 0) is 68.5 Å². The SMILES string of the molecule is COc1ccc2c(c1)CCCN2C(=O)CN1CCC(CO)CC1. The van der Waals surface area contributed by atoms with Gasteiger partial charge in [-0.2, -0.15) is 0 Å². The minimum Gasteiger partial charge on any atom is -0.497 e. The Kier molecular flexibility index (Phi) is 5.18. The molecule has 23 heavy (non-hydrogen) atoms. The topological polar surface area (TPSA) is 53.0 Å². The van der Waals surface area contributed by atoms with Crippen LogP contribution < -0.4 is 9.64 Å². The highest BCUT2D eigenvalue weighted by Gasteiger charge is 2.26. The molecule has 1 N–H and O–H groups in total. The van der Waals surface area contributed by atoms with Crippen LogP contribution in [0, 0.1) is 5.92 Å². The molecule has 5 nitrogen and oxygen atoms in total. The number of piperidine rings is 1. The summed E-state index contributed by atoms with van der Waals surface area (Å²) in [5.74, 6) is 1.44. The lowest BCUT2D eigenvalue weighted by Crippen LogP contribution is -2.45. The van der Waals surface area contributed by atoms with Crippen molar-refractivity contribution in [2.24, 2.45) is 5.92 Å². The van der Waals surface area contributed by atoms with Crippen molar-refractivity contribution in [3.63, 3.8) is 0 Å². The molecule has 1 fully saturated rings. The van der Waals surface area contributed by atoms with Crippen LogP contribution in [0.25, 0.3) is 0 Å². The molecular weight excluding hydrogens is 292 g/mol. The van der Waals surface area contributed by atoms with E-state index in [0.29, 0.717) is 12.5 Å². The number of aliphatic hydroxyl groups excluding tert-OH is 1. The van der Waals surface area contributed by atoms with E-state index in [4.69, 9.17) is 4.74 Å². The van der Waals surface area contributed by atoms with Crippen molar-refractivity contribution in [1.82, 2.24) is 4.90 Å². The molecule has 0 saturated carbocycles. The molecule has 0 spiro atoms. The number of methoxy groups -OCH3 is 1. The van der Waals surface area contributed by atoms with E-state index in [1.807, 2.05) is 23.1 Å². The zero-order chi connectivity index (χ0) is 16.2. The Bertz CT molecular complexity index is 553. The number of fused-ring (bicyclic) bond motifs is 1. The third-order valence-corrected chi connectivity index (χ3v) is 5.03. The van der Waals surface area contributed by atoms with Gasteiger partial charge < -0.3 is 14.7 Å². The fraction of sp³-hybridized carbons (Fsp3) is 0.611. The summed E-state index contributed by atoms with van der Waals surface area (Å²) in [6, 6.07) is 5.97. The number of aliphatic hydroxyl groups is 1. The van der Waals surface area contributed by atoms with E-state index in [2.05, 4.69) is 4.90 Å². The van der Waals surface area contributed by atoms with Crippen molar-refractivity contribution >= 4 is 11.6 Å². The van der Waals surface area contributed by atoms with Gasteiger partial charge >= 0.3 is 0 Å². The van der Waals surface area contributed by atoms with Gasteiger partial charge in [0.25, 0.3) is 0 Å². The lowest BCUT2D eigenvalue weighted by atomic mass is 9.97. The Morgan fingerprint density at radius 2 is 2.09 bits per heavy atom. The van der Waals surface area contributed by atoms with Crippen molar-refractivity contribution in [1.29, 1.82) is 0 Å². The number of amides is 1. The summed E-state index contributed by atoms with van der Waals surface area (Å²) in [4.78, 5) is 16.9. The molecule has 0 aromatic heterocycles. The molecule has 126 valence electrons. The number of rotatable bonds is 4. The van der Waals surface area contributed by atoms with E-state index in [1.54, 1.807) is 7.11 Å². The van der Waals surface area contributed by atoms with Crippen LogP contribution in [-0.4, -0.2) is 55.8 Å². The molecular formula is C18H26N2O3. The minimum absolute atomic E-state index is 0.179. The van der Waals surface area contributed by atoms with Crippen LogP contribution in [0.5, 0.6) is 5.75 Å². The molecule has 0 atom stereocenters. The van der Waals surface area contributed by atoms with Gasteiger partial charge in [0.15, 0.2) is 0 Å². The van der Waals surface area contributed by atoms with E-state index < -0.39 is 0 Å². The number of hydrogen-bond donors (Lipinski definition) is 1. The first-order valence-corrected chi connectivity index (χ1v) is 8.51. The maximum atomic E-state index is 12.7. The molecule has 1 aromatic rings. The predicted octanol–water partition coefficient (Wildman–Crippen LogP) is 1.68. The van der Waals surface area contributed by atoms with Gasteiger partial charge in [-0.25, -0.2) is 0 Å². The van der Waals surface area contributed by atoms with Crippen molar-refractivity contribution in [3.8, 4) is 5.75 Å². The number of nitrogens with zero attached hydrogens (tertiary/aromatic N) is 2. The third kappa shape index (κ3) is 3.67. The summed E-state index contributed by atoms with van der Waals surface area (Å²) < 4.78 is 5.29. The number of ether oxygens (including phenoxy) is 1. The Morgan fingerprint density at radius 1 is 1.30 bits per heavy atom. The molecule has 0 aliphatic carbocycles. The molecule has 0 radical (unpaired) electrons. The quantitative estimate of drug-likeness (QED) is 0.918. The molecule has 2 aliphatic rings. The van der Waals surface area contributed by atoms with Gasteiger partial charge in [0.2, 0.25) is 5.91 Å². The lowest BCUT2D eigenvalue weighted by Gasteiger charge is -2.34. The van der Waals surface area contributed by atoms with Crippen LogP contribution in [0.4, 0.5) is 5.69 Å². The maximum Gasteiger partial charge on any atom is 0.241 e. The van der Waals surface area contributed by atoms with Crippen molar-refractivity contribution in [2.45, 2.75) is 25.7 Å². The third-order valence-electron chi connectivity index (χ3n) is 5.03. The summed E-state index contributed by atoms with van der Waals surface area (Å²) in [7, 11) is 1.67. The van der Waals surface area contributed by atoms with Crippen LogP contribution in [0.15, 0.2) is 18.2 Å². The summed E-state index contributed by atoms with van der Waals surface area (Å²) in [6.45, 7) is 3.35. The number of anilines is 1. The number of benzene rings is 1. The Morgan fingerprint density at radius 3 is 2.78 bits per heavy atom. The summed E-state index contributed by atoms with van der Waals surface area (Å²) in [5, 5.41) is 9.21. The molecule has 2 heterocycles. The number of hydrogen-bond acceptors (Lipinski definition) is 4. The predicted molar refractivity (Wildman–Crippen MR) is 89.9 cm³/mol. The summed E-state index contributed by atoms with van der Waals surface area (Å²) >= 11 is 0. The standard InChI is InChI=1S/C18H26N2O3/c1-23-16-4-5-17-15(11-16)3-2-8-20(17)18(22)12-19-9-6-14(13-21)7-10-19/h4-5,11,14,21H,2-3,6-10,12-13H2,1H3. The van der Waals surface area contributed by atoms with Crippen LogP contribution in [0.1, 0.15) is 24.8 Å². The highest BCUT2D eigenvalue weighted by atomic mass is 16.5. The summed E-state index contributed by atoms with van der Waals surface area (Å²) in [5.41, 5.74) is 2.23. The van der Waals surface area contributed by atoms with Crippen molar-refractivity contribution < 1.29 is 14.6 Å². The van der Waals surface area contributed by atoms with Crippen LogP contribution in [0.3, 0.4) is 0 Å². The van der Waals surface area contributed by atoms with Crippen molar-refractivity contribution in [2.75, 3.05) is 44.8 Å². The normalized spacial score (nSPS) is 19.5. The fourth-order valence-corrected chi connectivity index (χ4v) is 3.56. The van der Waals surface area contributed by atoms with Gasteiger partial charge in [-0.3, -0.25) is 9.69 Å². The molecule has 3 rings (SSSR count). The van der Waals surface area contributed by atoms with Gasteiger partial charge in [-0.1, -0.05) is 0 Å². The highest BCUT2D eigenvalue weighted by molar-refractivity contribution is 5.96. The first kappa shape index (κ1) is 16.3. The second-order valence-electron chi connectivity index (χ2n) is 6.55. The van der Waals surface area contributed by atoms with Crippen molar-refractivity contribution in [3.05, 3.63) is 23.8 Å². The van der Waals surface area contributed by atoms with E-state index in [1.165, 1.54) is 5.56 Å². The monoisotopic (exact) mass is 318 g/mol. The lowest BCUT2D eigenvalue weighted by molar-refractivity contribution is -0.120. The molecule has 1 aromatic carbocycles. The number of carbonyl (C=O) groups is 1. The maximum absolute atomic E-state index is 12.7. The second kappa shape index (κ2) is 7.32. The van der Waals surface area contributed by atoms with Gasteiger partial charge in [0.05, 0.1) is 13.7 Å². The molecule has 2 aliphatic heterocycles. The molecule has 1 amide bonds. The second-order valence-corrected chi connectivity index (χ2v) is 6.55.